The number of rotatable bonds is 6. The van der Waals surface area contributed by atoms with Crippen molar-refractivity contribution in [1.82, 2.24) is 0 Å². The largest absolute Gasteiger partial charge is 0.485 e. The van der Waals surface area contributed by atoms with E-state index in [0.29, 0.717) is 0 Å². The molecule has 2 nitrogen and oxygen atoms in total. The molecule has 2 unspecified atom stereocenters. The Balaban J connectivity index is 2.75. The van der Waals surface area contributed by atoms with E-state index in [2.05, 4.69) is 41.6 Å². The van der Waals surface area contributed by atoms with Crippen molar-refractivity contribution in [3.8, 4) is 5.75 Å². The monoisotopic (exact) mass is 297 g/mol. The van der Waals surface area contributed by atoms with E-state index in [9.17, 15) is 0 Å². The Morgan fingerprint density at radius 1 is 1.53 bits per heavy atom. The molecule has 0 aliphatic carbocycles. The smallest absolute Gasteiger partial charge is 0.134 e. The van der Waals surface area contributed by atoms with Crippen molar-refractivity contribution in [2.24, 2.45) is 5.73 Å². The SMILES string of the molecule is C=CC(C)Oc1ccc(CC(N)CC)cc1Br. The number of benzene rings is 1. The second kappa shape index (κ2) is 6.82. The highest BCUT2D eigenvalue weighted by molar-refractivity contribution is 9.10. The van der Waals surface area contributed by atoms with E-state index in [1.807, 2.05) is 13.0 Å². The molecular weight excluding hydrogens is 278 g/mol. The van der Waals surface area contributed by atoms with Crippen LogP contribution in [-0.4, -0.2) is 12.1 Å². The molecule has 94 valence electrons. The topological polar surface area (TPSA) is 35.2 Å². The molecule has 0 bridgehead atoms. The lowest BCUT2D eigenvalue weighted by Crippen LogP contribution is -2.21. The van der Waals surface area contributed by atoms with E-state index in [1.165, 1.54) is 5.56 Å². The van der Waals surface area contributed by atoms with E-state index < -0.39 is 0 Å². The van der Waals surface area contributed by atoms with Crippen LogP contribution in [0.15, 0.2) is 35.3 Å². The van der Waals surface area contributed by atoms with Gasteiger partial charge in [0.25, 0.3) is 0 Å². The van der Waals surface area contributed by atoms with Crippen LogP contribution in [0.3, 0.4) is 0 Å². The number of halogens is 1. The minimum Gasteiger partial charge on any atom is -0.485 e. The van der Waals surface area contributed by atoms with E-state index >= 15 is 0 Å². The minimum absolute atomic E-state index is 0.00930. The van der Waals surface area contributed by atoms with Gasteiger partial charge in [0.2, 0.25) is 0 Å². The van der Waals surface area contributed by atoms with Gasteiger partial charge in [0, 0.05) is 6.04 Å². The molecule has 0 radical (unpaired) electrons. The van der Waals surface area contributed by atoms with Gasteiger partial charge in [-0.25, -0.2) is 0 Å². The third-order valence-electron chi connectivity index (χ3n) is 2.66. The van der Waals surface area contributed by atoms with Crippen LogP contribution in [0.2, 0.25) is 0 Å². The summed E-state index contributed by atoms with van der Waals surface area (Å²) < 4.78 is 6.65. The summed E-state index contributed by atoms with van der Waals surface area (Å²) in [6.45, 7) is 7.76. The average molecular weight is 298 g/mol. The molecule has 2 N–H and O–H groups in total. The van der Waals surface area contributed by atoms with Crippen molar-refractivity contribution in [3.63, 3.8) is 0 Å². The number of hydrogen-bond acceptors (Lipinski definition) is 2. The zero-order valence-corrected chi connectivity index (χ0v) is 12.0. The maximum absolute atomic E-state index is 5.94. The van der Waals surface area contributed by atoms with Gasteiger partial charge in [-0.15, -0.1) is 0 Å². The standard InChI is InChI=1S/C14H20BrNO/c1-4-10(3)17-14-7-6-11(9-13(14)15)8-12(16)5-2/h4,6-7,9-10,12H,1,5,8,16H2,2-3H3. The fourth-order valence-electron chi connectivity index (χ4n) is 1.46. The van der Waals surface area contributed by atoms with Crippen molar-refractivity contribution >= 4 is 15.9 Å². The molecular formula is C14H20BrNO. The van der Waals surface area contributed by atoms with Crippen LogP contribution in [0.1, 0.15) is 25.8 Å². The van der Waals surface area contributed by atoms with Crippen LogP contribution in [0, 0.1) is 0 Å². The summed E-state index contributed by atoms with van der Waals surface area (Å²) in [4.78, 5) is 0. The fraction of sp³-hybridized carbons (Fsp3) is 0.429. The molecule has 0 aliphatic rings. The van der Waals surface area contributed by atoms with E-state index in [4.69, 9.17) is 10.5 Å². The van der Waals surface area contributed by atoms with E-state index in [1.54, 1.807) is 6.08 Å². The molecule has 2 atom stereocenters. The van der Waals surface area contributed by atoms with Gasteiger partial charge in [0.05, 0.1) is 4.47 Å². The van der Waals surface area contributed by atoms with E-state index in [-0.39, 0.29) is 12.1 Å². The van der Waals surface area contributed by atoms with Crippen molar-refractivity contribution in [3.05, 3.63) is 40.9 Å². The average Bonchev–Trinajstić information content (AvgIpc) is 2.32. The molecule has 1 rings (SSSR count). The quantitative estimate of drug-likeness (QED) is 0.813. The normalized spacial score (nSPS) is 14.1. The number of hydrogen-bond donors (Lipinski definition) is 1. The third kappa shape index (κ3) is 4.52. The fourth-order valence-corrected chi connectivity index (χ4v) is 1.98. The van der Waals surface area contributed by atoms with Gasteiger partial charge >= 0.3 is 0 Å². The summed E-state index contributed by atoms with van der Waals surface area (Å²) in [5, 5.41) is 0. The van der Waals surface area contributed by atoms with Crippen LogP contribution in [-0.2, 0) is 6.42 Å². The van der Waals surface area contributed by atoms with Gasteiger partial charge in [0.1, 0.15) is 11.9 Å². The van der Waals surface area contributed by atoms with Gasteiger partial charge in [-0.05, 0) is 53.4 Å². The highest BCUT2D eigenvalue weighted by Crippen LogP contribution is 2.27. The van der Waals surface area contributed by atoms with Crippen molar-refractivity contribution < 1.29 is 4.74 Å². The van der Waals surface area contributed by atoms with Crippen molar-refractivity contribution in [2.45, 2.75) is 38.8 Å². The third-order valence-corrected chi connectivity index (χ3v) is 3.28. The molecule has 0 amide bonds. The summed E-state index contributed by atoms with van der Waals surface area (Å²) >= 11 is 3.52. The molecule has 3 heteroatoms. The molecule has 0 saturated carbocycles. The zero-order chi connectivity index (χ0) is 12.8. The van der Waals surface area contributed by atoms with Gasteiger partial charge in [0.15, 0.2) is 0 Å². The number of nitrogens with two attached hydrogens (primary N) is 1. The van der Waals surface area contributed by atoms with Crippen LogP contribution in [0.5, 0.6) is 5.75 Å². The summed E-state index contributed by atoms with van der Waals surface area (Å²) in [5.41, 5.74) is 7.16. The molecule has 0 saturated heterocycles. The van der Waals surface area contributed by atoms with Gasteiger partial charge in [-0.3, -0.25) is 0 Å². The maximum atomic E-state index is 5.94. The first kappa shape index (κ1) is 14.3. The van der Waals surface area contributed by atoms with Crippen molar-refractivity contribution in [1.29, 1.82) is 0 Å². The molecule has 0 heterocycles. The molecule has 17 heavy (non-hydrogen) atoms. The summed E-state index contributed by atoms with van der Waals surface area (Å²) in [7, 11) is 0. The second-order valence-corrected chi connectivity index (χ2v) is 5.05. The van der Waals surface area contributed by atoms with Crippen molar-refractivity contribution in [2.75, 3.05) is 0 Å². The molecule has 0 fully saturated rings. The lowest BCUT2D eigenvalue weighted by atomic mass is 10.0. The Hall–Kier alpha value is -0.800. The van der Waals surface area contributed by atoms with E-state index in [0.717, 1.165) is 23.1 Å². The Kier molecular flexibility index (Phi) is 5.72. The van der Waals surface area contributed by atoms with Gasteiger partial charge < -0.3 is 10.5 Å². The first-order valence-corrected chi connectivity index (χ1v) is 6.69. The molecule has 0 aliphatic heterocycles. The summed E-state index contributed by atoms with van der Waals surface area (Å²) in [6, 6.07) is 6.33. The predicted octanol–water partition coefficient (Wildman–Crippen LogP) is 3.68. The maximum Gasteiger partial charge on any atom is 0.134 e. The molecule has 1 aromatic carbocycles. The molecule has 0 aromatic heterocycles. The lowest BCUT2D eigenvalue weighted by molar-refractivity contribution is 0.268. The summed E-state index contributed by atoms with van der Waals surface area (Å²) in [6.07, 6.45) is 3.67. The Morgan fingerprint density at radius 2 is 2.24 bits per heavy atom. The zero-order valence-electron chi connectivity index (χ0n) is 10.4. The second-order valence-electron chi connectivity index (χ2n) is 4.20. The molecule has 1 aromatic rings. The number of ether oxygens (including phenoxy) is 1. The Labute approximate surface area is 112 Å². The minimum atomic E-state index is 0.00930. The Morgan fingerprint density at radius 3 is 2.76 bits per heavy atom. The highest BCUT2D eigenvalue weighted by atomic mass is 79.9. The van der Waals surface area contributed by atoms with Crippen LogP contribution >= 0.6 is 15.9 Å². The van der Waals surface area contributed by atoms with Crippen LogP contribution < -0.4 is 10.5 Å². The highest BCUT2D eigenvalue weighted by Gasteiger charge is 2.07. The van der Waals surface area contributed by atoms with Crippen LogP contribution in [0.25, 0.3) is 0 Å². The summed E-state index contributed by atoms with van der Waals surface area (Å²) in [5.74, 6) is 0.839. The lowest BCUT2D eigenvalue weighted by Gasteiger charge is -2.14. The predicted molar refractivity (Wildman–Crippen MR) is 76.4 cm³/mol. The molecule has 0 spiro atoms. The Bertz CT molecular complexity index is 378. The van der Waals surface area contributed by atoms with Crippen LogP contribution in [0.4, 0.5) is 0 Å². The first-order valence-electron chi connectivity index (χ1n) is 5.90. The first-order chi connectivity index (χ1) is 8.06. The van der Waals surface area contributed by atoms with Gasteiger partial charge in [-0.1, -0.05) is 25.6 Å². The van der Waals surface area contributed by atoms with Gasteiger partial charge in [-0.2, -0.15) is 0 Å².